The number of para-hydroxylation sites is 2. The van der Waals surface area contributed by atoms with Crippen LogP contribution in [0.5, 0.6) is 5.75 Å². The molecule has 3 fully saturated rings. The van der Waals surface area contributed by atoms with E-state index in [1.165, 1.54) is 22.6 Å². The number of esters is 1. The van der Waals surface area contributed by atoms with Gasteiger partial charge in [0.05, 0.1) is 35.4 Å². The van der Waals surface area contributed by atoms with Crippen LogP contribution in [0.2, 0.25) is 0 Å². The summed E-state index contributed by atoms with van der Waals surface area (Å²) in [5.41, 5.74) is 2.21. The molecule has 5 atom stereocenters. The summed E-state index contributed by atoms with van der Waals surface area (Å²) in [6.07, 6.45) is 1.80. The Hall–Kier alpha value is -4.46. The van der Waals surface area contributed by atoms with Crippen molar-refractivity contribution < 1.29 is 28.7 Å². The monoisotopic (exact) mass is 538 g/mol. The summed E-state index contributed by atoms with van der Waals surface area (Å²) >= 11 is 0. The van der Waals surface area contributed by atoms with Crippen molar-refractivity contribution in [1.82, 2.24) is 0 Å². The topological polar surface area (TPSA) is 102 Å². The molecule has 0 unspecified atom stereocenters. The number of nitrogens with one attached hydrogen (secondary N) is 1. The van der Waals surface area contributed by atoms with Gasteiger partial charge in [-0.15, -0.1) is 0 Å². The molecular formula is C32H30N2O6. The fourth-order valence-corrected chi connectivity index (χ4v) is 6.82. The van der Waals surface area contributed by atoms with Gasteiger partial charge in [-0.2, -0.15) is 0 Å². The molecule has 3 amide bonds. The maximum Gasteiger partial charge on any atom is 0.338 e. The van der Waals surface area contributed by atoms with Crippen molar-refractivity contribution in [3.05, 3.63) is 90.0 Å². The number of rotatable bonds is 8. The molecular weight excluding hydrogens is 508 g/mol. The van der Waals surface area contributed by atoms with Gasteiger partial charge in [-0.25, -0.2) is 4.79 Å². The van der Waals surface area contributed by atoms with Crippen molar-refractivity contribution in [2.75, 3.05) is 23.4 Å². The summed E-state index contributed by atoms with van der Waals surface area (Å²) in [4.78, 5) is 53.6. The number of ether oxygens (including phenoxy) is 2. The third-order valence-electron chi connectivity index (χ3n) is 8.38. The number of carbonyl (C=O) groups excluding carboxylic acids is 4. The van der Waals surface area contributed by atoms with Gasteiger partial charge in [0.2, 0.25) is 11.8 Å². The molecule has 2 bridgehead atoms. The van der Waals surface area contributed by atoms with Crippen LogP contribution in [0.4, 0.5) is 11.4 Å². The molecule has 1 N–H and O–H groups in total. The van der Waals surface area contributed by atoms with E-state index < -0.39 is 18.5 Å². The van der Waals surface area contributed by atoms with Gasteiger partial charge in [0.15, 0.2) is 6.61 Å². The predicted molar refractivity (Wildman–Crippen MR) is 148 cm³/mol. The number of hydrogen-bond acceptors (Lipinski definition) is 6. The quantitative estimate of drug-likeness (QED) is 0.326. The van der Waals surface area contributed by atoms with E-state index in [0.717, 1.165) is 12.8 Å². The zero-order valence-corrected chi connectivity index (χ0v) is 22.1. The van der Waals surface area contributed by atoms with Crippen molar-refractivity contribution in [3.63, 3.8) is 0 Å². The van der Waals surface area contributed by atoms with Crippen molar-refractivity contribution >= 4 is 35.1 Å². The van der Waals surface area contributed by atoms with Gasteiger partial charge in [0.1, 0.15) is 5.75 Å². The van der Waals surface area contributed by atoms with Gasteiger partial charge >= 0.3 is 5.97 Å². The second-order valence-electron chi connectivity index (χ2n) is 10.6. The Balaban J connectivity index is 1.13. The number of fused-ring (bicyclic) bond motifs is 5. The van der Waals surface area contributed by atoms with E-state index in [9.17, 15) is 19.2 Å². The second-order valence-corrected chi connectivity index (χ2v) is 10.6. The lowest BCUT2D eigenvalue weighted by Gasteiger charge is -2.28. The Bertz CT molecular complexity index is 1470. The molecule has 1 saturated heterocycles. The molecule has 3 aromatic rings. The van der Waals surface area contributed by atoms with Gasteiger partial charge in [-0.3, -0.25) is 19.3 Å². The minimum atomic E-state index is -0.724. The number of benzene rings is 3. The average Bonchev–Trinajstić information content (AvgIpc) is 3.64. The number of amides is 3. The third kappa shape index (κ3) is 4.53. The number of hydrogen-bond donors (Lipinski definition) is 1. The van der Waals surface area contributed by atoms with Gasteiger partial charge in [0.25, 0.3) is 5.91 Å². The Morgan fingerprint density at radius 2 is 1.65 bits per heavy atom. The molecule has 8 heteroatoms. The van der Waals surface area contributed by atoms with Crippen LogP contribution in [0.3, 0.4) is 0 Å². The van der Waals surface area contributed by atoms with E-state index in [1.807, 2.05) is 25.1 Å². The van der Waals surface area contributed by atoms with Crippen molar-refractivity contribution in [3.8, 4) is 5.75 Å². The Morgan fingerprint density at radius 3 is 2.45 bits per heavy atom. The first-order valence-electron chi connectivity index (χ1n) is 13.7. The molecule has 1 heterocycles. The Morgan fingerprint density at radius 1 is 0.900 bits per heavy atom. The molecule has 0 spiro atoms. The molecule has 3 aromatic carbocycles. The van der Waals surface area contributed by atoms with Crippen LogP contribution in [0.1, 0.15) is 41.6 Å². The van der Waals surface area contributed by atoms with Crippen LogP contribution in [0.25, 0.3) is 0 Å². The van der Waals surface area contributed by atoms with E-state index in [0.29, 0.717) is 23.7 Å². The highest BCUT2D eigenvalue weighted by atomic mass is 16.5. The molecule has 8 nitrogen and oxygen atoms in total. The minimum Gasteiger partial charge on any atom is -0.492 e. The van der Waals surface area contributed by atoms with Gasteiger partial charge in [-0.1, -0.05) is 48.5 Å². The third-order valence-corrected chi connectivity index (χ3v) is 8.38. The van der Waals surface area contributed by atoms with Crippen LogP contribution >= 0.6 is 0 Å². The normalized spacial score (nSPS) is 24.6. The molecule has 40 heavy (non-hydrogen) atoms. The molecule has 2 aliphatic carbocycles. The largest absolute Gasteiger partial charge is 0.492 e. The lowest BCUT2D eigenvalue weighted by Crippen LogP contribution is -2.33. The maximum atomic E-state index is 13.6. The predicted octanol–water partition coefficient (Wildman–Crippen LogP) is 4.81. The lowest BCUT2D eigenvalue weighted by atomic mass is 9.73. The summed E-state index contributed by atoms with van der Waals surface area (Å²) in [5.74, 6) is -1.15. The molecule has 204 valence electrons. The smallest absolute Gasteiger partial charge is 0.338 e. The van der Waals surface area contributed by atoms with E-state index >= 15 is 0 Å². The van der Waals surface area contributed by atoms with Crippen molar-refractivity contribution in [2.24, 2.45) is 23.7 Å². The highest BCUT2D eigenvalue weighted by Gasteiger charge is 2.64. The summed E-state index contributed by atoms with van der Waals surface area (Å²) in [5, 5.41) is 2.68. The van der Waals surface area contributed by atoms with E-state index in [-0.39, 0.29) is 47.0 Å². The average molecular weight is 539 g/mol. The first-order chi connectivity index (χ1) is 19.5. The van der Waals surface area contributed by atoms with Gasteiger partial charge in [-0.05, 0) is 73.4 Å². The number of imide groups is 1. The van der Waals surface area contributed by atoms with E-state index in [2.05, 4.69) is 17.4 Å². The summed E-state index contributed by atoms with van der Waals surface area (Å²) in [6.45, 7) is 1.78. The fourth-order valence-electron chi connectivity index (χ4n) is 6.82. The number of carbonyl (C=O) groups is 4. The Kier molecular flexibility index (Phi) is 6.84. The maximum absolute atomic E-state index is 13.6. The lowest BCUT2D eigenvalue weighted by molar-refractivity contribution is -0.123. The summed E-state index contributed by atoms with van der Waals surface area (Å²) in [6, 6.07) is 23.5. The summed E-state index contributed by atoms with van der Waals surface area (Å²) < 4.78 is 10.7. The fraction of sp³-hybridized carbons (Fsp3) is 0.312. The molecule has 1 aliphatic heterocycles. The van der Waals surface area contributed by atoms with Crippen LogP contribution in [-0.4, -0.2) is 36.9 Å². The summed E-state index contributed by atoms with van der Waals surface area (Å²) in [7, 11) is 0. The van der Waals surface area contributed by atoms with Crippen LogP contribution in [0.15, 0.2) is 78.9 Å². The molecule has 0 radical (unpaired) electrons. The van der Waals surface area contributed by atoms with E-state index in [1.54, 1.807) is 36.4 Å². The van der Waals surface area contributed by atoms with Crippen LogP contribution < -0.4 is 15.0 Å². The first kappa shape index (κ1) is 25.8. The molecule has 3 aliphatic rings. The number of nitrogens with zero attached hydrogens (tertiary/aromatic N) is 1. The van der Waals surface area contributed by atoms with Crippen LogP contribution in [-0.2, 0) is 19.1 Å². The number of anilines is 2. The standard InChI is InChI=1S/C32H30N2O6/c1-2-39-26-14-7-6-13-25(26)33-27(35)18-40-32(38)20-11-8-12-22(15-20)34-30(36)28-21-16-23(19-9-4-3-5-10-19)24(17-21)29(28)31(34)37/h3-15,21,23-24,28-29H,2,16-18H2,1H3,(H,33,35)/t21-,23+,24+,28+,29+/m0/s1. The minimum absolute atomic E-state index is 0.137. The van der Waals surface area contributed by atoms with Crippen molar-refractivity contribution in [2.45, 2.75) is 25.7 Å². The van der Waals surface area contributed by atoms with Crippen LogP contribution in [0, 0.1) is 23.7 Å². The van der Waals surface area contributed by atoms with Gasteiger partial charge in [0, 0.05) is 0 Å². The molecule has 2 saturated carbocycles. The molecule has 0 aromatic heterocycles. The first-order valence-corrected chi connectivity index (χ1v) is 13.7. The second kappa shape index (κ2) is 10.6. The van der Waals surface area contributed by atoms with Crippen molar-refractivity contribution in [1.29, 1.82) is 0 Å². The highest BCUT2D eigenvalue weighted by molar-refractivity contribution is 6.23. The zero-order valence-electron chi connectivity index (χ0n) is 22.1. The van der Waals surface area contributed by atoms with E-state index in [4.69, 9.17) is 9.47 Å². The Labute approximate surface area is 232 Å². The molecule has 6 rings (SSSR count). The SMILES string of the molecule is CCOc1ccccc1NC(=O)COC(=O)c1cccc(N2C(=O)[C@@H]3[C@@H]4C[C@@H]([C@H]3C2=O)[C@@H](c2ccccc2)C4)c1. The van der Waals surface area contributed by atoms with Gasteiger partial charge < -0.3 is 14.8 Å². The zero-order chi connectivity index (χ0) is 27.8. The highest BCUT2D eigenvalue weighted by Crippen LogP contribution is 2.61.